The third-order valence-corrected chi connectivity index (χ3v) is 5.12. The van der Waals surface area contributed by atoms with Gasteiger partial charge in [0.05, 0.1) is 28.0 Å². The van der Waals surface area contributed by atoms with E-state index < -0.39 is 29.0 Å². The maximum absolute atomic E-state index is 13.8. The van der Waals surface area contributed by atoms with Crippen LogP contribution in [0, 0.1) is 12.7 Å². The number of ketones is 1. The minimum Gasteiger partial charge on any atom is -0.292 e. The lowest BCUT2D eigenvalue weighted by Crippen LogP contribution is -2.54. The Labute approximate surface area is 154 Å². The molecule has 1 aliphatic heterocycles. The van der Waals surface area contributed by atoms with E-state index >= 15 is 0 Å². The molecule has 6 nitrogen and oxygen atoms in total. The molecule has 2 aromatic rings. The quantitative estimate of drug-likeness (QED) is 0.468. The summed E-state index contributed by atoms with van der Waals surface area (Å²) < 4.78 is 13.8. The predicted octanol–water partition coefficient (Wildman–Crippen LogP) is 3.08. The highest BCUT2D eigenvalue weighted by Gasteiger charge is 2.48. The topological polar surface area (TPSA) is 70.6 Å². The fourth-order valence-corrected chi connectivity index (χ4v) is 3.72. The Morgan fingerprint density at radius 1 is 1.38 bits per heavy atom. The van der Waals surface area contributed by atoms with Crippen molar-refractivity contribution in [2.24, 2.45) is 0 Å². The van der Waals surface area contributed by atoms with E-state index in [1.807, 2.05) is 12.3 Å². The number of hydrogen-bond donors (Lipinski definition) is 0. The molecule has 1 unspecified atom stereocenters. The number of pyridine rings is 1. The fraction of sp³-hybridized carbons (Fsp3) is 0.333. The molecule has 0 fully saturated rings. The number of aromatic nitrogens is 1. The average Bonchev–Trinajstić information content (AvgIpc) is 3.09. The summed E-state index contributed by atoms with van der Waals surface area (Å²) in [7, 11) is 0. The molecule has 0 N–H and O–H groups in total. The molecule has 0 radical (unpaired) electrons. The molecule has 0 bridgehead atoms. The van der Waals surface area contributed by atoms with Gasteiger partial charge in [-0.05, 0) is 44.7 Å². The third kappa shape index (κ3) is 2.90. The summed E-state index contributed by atoms with van der Waals surface area (Å²) in [5, 5.41) is 4.03. The van der Waals surface area contributed by atoms with Crippen LogP contribution in [0.4, 0.5) is 10.1 Å². The van der Waals surface area contributed by atoms with Crippen LogP contribution >= 0.6 is 11.3 Å². The minimum atomic E-state index is -1.20. The van der Waals surface area contributed by atoms with Crippen LogP contribution in [0.3, 0.4) is 0 Å². The maximum atomic E-state index is 13.8. The number of rotatable bonds is 4. The van der Waals surface area contributed by atoms with Gasteiger partial charge in [-0.15, -0.1) is 11.3 Å². The Hall–Kier alpha value is -2.61. The van der Waals surface area contributed by atoms with Gasteiger partial charge in [0, 0.05) is 6.07 Å². The van der Waals surface area contributed by atoms with Gasteiger partial charge in [0.15, 0.2) is 5.78 Å². The van der Waals surface area contributed by atoms with Crippen molar-refractivity contribution in [2.75, 3.05) is 5.01 Å². The van der Waals surface area contributed by atoms with Crippen LogP contribution in [0.25, 0.3) is 0 Å². The van der Waals surface area contributed by atoms with Crippen LogP contribution in [0.5, 0.6) is 0 Å². The number of hydrazine groups is 1. The van der Waals surface area contributed by atoms with Crippen molar-refractivity contribution < 1.29 is 18.8 Å². The summed E-state index contributed by atoms with van der Waals surface area (Å²) in [4.78, 5) is 42.1. The van der Waals surface area contributed by atoms with Crippen molar-refractivity contribution in [3.8, 4) is 0 Å². The molecule has 0 spiro atoms. The lowest BCUT2D eigenvalue weighted by Gasteiger charge is -2.38. The van der Waals surface area contributed by atoms with Crippen molar-refractivity contribution >= 4 is 35.1 Å². The van der Waals surface area contributed by atoms with E-state index in [2.05, 4.69) is 4.98 Å². The molecule has 0 aromatic carbocycles. The number of anilines is 1. The Bertz CT molecular complexity index is 903. The number of fused-ring (bicyclic) bond motifs is 1. The van der Waals surface area contributed by atoms with Crippen LogP contribution < -0.4 is 5.01 Å². The zero-order chi connectivity index (χ0) is 19.2. The second-order valence-corrected chi connectivity index (χ2v) is 8.03. The van der Waals surface area contributed by atoms with Crippen molar-refractivity contribution in [2.45, 2.75) is 39.2 Å². The van der Waals surface area contributed by atoms with Crippen molar-refractivity contribution in [3.63, 3.8) is 0 Å². The first-order valence-corrected chi connectivity index (χ1v) is 8.86. The van der Waals surface area contributed by atoms with Gasteiger partial charge >= 0.3 is 0 Å². The molecular weight excluding hydrogens is 357 g/mol. The molecule has 3 heterocycles. The van der Waals surface area contributed by atoms with Gasteiger partial charge in [0.1, 0.15) is 11.7 Å². The number of aryl methyl sites for hydroxylation is 1. The fourth-order valence-electron chi connectivity index (χ4n) is 2.86. The number of halogens is 1. The lowest BCUT2D eigenvalue weighted by atomic mass is 9.99. The number of Topliss-reactive ketones (excluding diaryl/α,β-unsaturated/α-hetero) is 1. The smallest absolute Gasteiger partial charge is 0.263 e. The molecule has 1 atom stereocenters. The molecule has 2 aromatic heterocycles. The van der Waals surface area contributed by atoms with Crippen LogP contribution in [-0.4, -0.2) is 33.6 Å². The van der Waals surface area contributed by atoms with Gasteiger partial charge in [-0.25, -0.2) is 14.4 Å². The first-order chi connectivity index (χ1) is 12.1. The van der Waals surface area contributed by atoms with E-state index in [9.17, 15) is 18.8 Å². The van der Waals surface area contributed by atoms with Gasteiger partial charge in [-0.1, -0.05) is 0 Å². The highest BCUT2D eigenvalue weighted by atomic mass is 32.1. The van der Waals surface area contributed by atoms with Crippen LogP contribution in [-0.2, 0) is 9.59 Å². The molecule has 0 saturated heterocycles. The number of thiophene rings is 1. The Morgan fingerprint density at radius 3 is 2.62 bits per heavy atom. The maximum Gasteiger partial charge on any atom is 0.263 e. The molecule has 1 aliphatic rings. The lowest BCUT2D eigenvalue weighted by molar-refractivity contribution is -0.132. The normalized spacial score (nSPS) is 16.6. The van der Waals surface area contributed by atoms with Crippen LogP contribution in [0.15, 0.2) is 23.7 Å². The Kier molecular flexibility index (Phi) is 4.39. The molecule has 2 amide bonds. The first kappa shape index (κ1) is 18.2. The van der Waals surface area contributed by atoms with Gasteiger partial charge in [0.25, 0.3) is 5.91 Å². The van der Waals surface area contributed by atoms with Gasteiger partial charge < -0.3 is 0 Å². The standard InChI is InChI=1S/C18H18FN3O3S/c1-10-5-13(26-8-10)16(24)14-15-12(6-11(19)7-20-15)22(17(14)25)21(9-23)18(2,3)4/h5-9,14H,1-4H3. The van der Waals surface area contributed by atoms with Crippen molar-refractivity contribution in [1.29, 1.82) is 0 Å². The van der Waals surface area contributed by atoms with E-state index in [4.69, 9.17) is 0 Å². The van der Waals surface area contributed by atoms with E-state index in [1.165, 1.54) is 11.3 Å². The summed E-state index contributed by atoms with van der Waals surface area (Å²) in [6.07, 6.45) is 1.46. The van der Waals surface area contributed by atoms with E-state index in [0.29, 0.717) is 11.3 Å². The first-order valence-electron chi connectivity index (χ1n) is 7.98. The largest absolute Gasteiger partial charge is 0.292 e. The SMILES string of the molecule is Cc1csc(C(=O)C2C(=O)N(N(C=O)C(C)(C)C)c3cc(F)cnc32)c1. The minimum absolute atomic E-state index is 0.114. The van der Waals surface area contributed by atoms with Gasteiger partial charge in [0.2, 0.25) is 6.41 Å². The Balaban J connectivity index is 2.13. The summed E-state index contributed by atoms with van der Waals surface area (Å²) in [6.45, 7) is 7.06. The number of carbonyl (C=O) groups is 3. The number of hydrogen-bond acceptors (Lipinski definition) is 5. The van der Waals surface area contributed by atoms with E-state index in [1.54, 1.807) is 26.8 Å². The summed E-state index contributed by atoms with van der Waals surface area (Å²) >= 11 is 1.24. The van der Waals surface area contributed by atoms with Gasteiger partial charge in [-0.3, -0.25) is 19.4 Å². The van der Waals surface area contributed by atoms with Gasteiger partial charge in [-0.2, -0.15) is 0 Å². The number of nitrogens with zero attached hydrogens (tertiary/aromatic N) is 3. The monoisotopic (exact) mass is 375 g/mol. The second-order valence-electron chi connectivity index (χ2n) is 7.11. The molecule has 8 heteroatoms. The highest BCUT2D eigenvalue weighted by Crippen LogP contribution is 2.40. The molecule has 0 saturated carbocycles. The Morgan fingerprint density at radius 2 is 2.08 bits per heavy atom. The molecular formula is C18H18FN3O3S. The highest BCUT2D eigenvalue weighted by molar-refractivity contribution is 7.12. The predicted molar refractivity (Wildman–Crippen MR) is 95.5 cm³/mol. The zero-order valence-corrected chi connectivity index (χ0v) is 15.6. The second kappa shape index (κ2) is 6.28. The van der Waals surface area contributed by atoms with Crippen molar-refractivity contribution in [1.82, 2.24) is 9.99 Å². The van der Waals surface area contributed by atoms with E-state index in [-0.39, 0.29) is 11.4 Å². The van der Waals surface area contributed by atoms with Crippen LogP contribution in [0.1, 0.15) is 47.6 Å². The van der Waals surface area contributed by atoms with Crippen molar-refractivity contribution in [3.05, 3.63) is 45.7 Å². The number of amides is 2. The molecule has 136 valence electrons. The molecule has 26 heavy (non-hydrogen) atoms. The average molecular weight is 375 g/mol. The summed E-state index contributed by atoms with van der Waals surface area (Å²) in [5.74, 6) is -2.87. The van der Waals surface area contributed by atoms with Crippen LogP contribution in [0.2, 0.25) is 0 Å². The summed E-state index contributed by atoms with van der Waals surface area (Å²) in [5.41, 5.74) is 0.433. The zero-order valence-electron chi connectivity index (χ0n) is 14.8. The summed E-state index contributed by atoms with van der Waals surface area (Å²) in [6, 6.07) is 2.82. The third-order valence-electron chi connectivity index (χ3n) is 4.06. The molecule has 3 rings (SSSR count). The molecule has 0 aliphatic carbocycles. The number of carbonyl (C=O) groups excluding carboxylic acids is 3. The van der Waals surface area contributed by atoms with E-state index in [0.717, 1.165) is 27.8 Å².